The number of benzene rings is 2. The van der Waals surface area contributed by atoms with Crippen LogP contribution < -0.4 is 4.57 Å². The standard InChI is InChI=1S/C19H13NO/c21-19(20-12-6-1-7-13-20)18-16-10-4-2-8-14(16)15-9-3-5-11-17(15)18/h1-10,12-13,18H. The molecule has 1 aliphatic carbocycles. The fourth-order valence-corrected chi connectivity index (χ4v) is 3.02. The Morgan fingerprint density at radius 3 is 2.52 bits per heavy atom. The smallest absolute Gasteiger partial charge is 0.218 e. The van der Waals surface area contributed by atoms with Crippen molar-refractivity contribution in [3.63, 3.8) is 0 Å². The van der Waals surface area contributed by atoms with Crippen LogP contribution in [0.5, 0.6) is 0 Å². The summed E-state index contributed by atoms with van der Waals surface area (Å²) in [7, 11) is 0. The first kappa shape index (κ1) is 12.0. The van der Waals surface area contributed by atoms with Crippen molar-refractivity contribution in [2.24, 2.45) is 0 Å². The Hall–Kier alpha value is -2.74. The van der Waals surface area contributed by atoms with Crippen LogP contribution in [0.25, 0.3) is 11.1 Å². The summed E-state index contributed by atoms with van der Waals surface area (Å²) in [5, 5.41) is 0. The average Bonchev–Trinajstić information content (AvgIpc) is 2.90. The molecule has 100 valence electrons. The SMILES string of the molecule is O=C(C1c2[c-]cccc2-c2ccccc21)[n+]1ccccc1. The molecule has 2 aromatic carbocycles. The molecule has 0 saturated heterocycles. The Morgan fingerprint density at radius 2 is 1.67 bits per heavy atom. The van der Waals surface area contributed by atoms with Crippen molar-refractivity contribution in [2.75, 3.05) is 0 Å². The van der Waals surface area contributed by atoms with E-state index in [2.05, 4.69) is 18.2 Å². The predicted octanol–water partition coefficient (Wildman–Crippen LogP) is 3.23. The van der Waals surface area contributed by atoms with Crippen LogP contribution in [-0.2, 0) is 0 Å². The highest BCUT2D eigenvalue weighted by Crippen LogP contribution is 2.44. The highest BCUT2D eigenvalue weighted by atomic mass is 16.2. The van der Waals surface area contributed by atoms with E-state index in [1.54, 1.807) is 17.0 Å². The fraction of sp³-hybridized carbons (Fsp3) is 0.0526. The van der Waals surface area contributed by atoms with Crippen LogP contribution in [-0.4, -0.2) is 5.91 Å². The third-order valence-corrected chi connectivity index (χ3v) is 3.96. The molecule has 21 heavy (non-hydrogen) atoms. The van der Waals surface area contributed by atoms with Crippen LogP contribution in [0.3, 0.4) is 0 Å². The Kier molecular flexibility index (Phi) is 2.68. The van der Waals surface area contributed by atoms with Crippen molar-refractivity contribution in [2.45, 2.75) is 5.92 Å². The zero-order valence-corrected chi connectivity index (χ0v) is 11.4. The van der Waals surface area contributed by atoms with Crippen molar-refractivity contribution >= 4 is 5.91 Å². The molecule has 0 bridgehead atoms. The van der Waals surface area contributed by atoms with Gasteiger partial charge in [0.25, 0.3) is 0 Å². The number of carbonyl (C=O) groups excluding carboxylic acids is 1. The van der Waals surface area contributed by atoms with E-state index in [9.17, 15) is 4.79 Å². The van der Waals surface area contributed by atoms with Gasteiger partial charge in [0, 0.05) is 12.1 Å². The first-order valence-electron chi connectivity index (χ1n) is 6.96. The molecule has 2 nitrogen and oxygen atoms in total. The Bertz CT molecular complexity index is 778. The number of aromatic nitrogens is 1. The summed E-state index contributed by atoms with van der Waals surface area (Å²) in [6.07, 6.45) is 3.60. The van der Waals surface area contributed by atoms with Crippen LogP contribution >= 0.6 is 0 Å². The van der Waals surface area contributed by atoms with E-state index < -0.39 is 0 Å². The second-order valence-electron chi connectivity index (χ2n) is 5.14. The molecule has 0 N–H and O–H groups in total. The molecule has 0 amide bonds. The molecule has 3 aromatic rings. The lowest BCUT2D eigenvalue weighted by Gasteiger charge is -2.11. The maximum absolute atomic E-state index is 12.9. The summed E-state index contributed by atoms with van der Waals surface area (Å²) >= 11 is 0. The second-order valence-corrected chi connectivity index (χ2v) is 5.14. The van der Waals surface area contributed by atoms with Crippen molar-refractivity contribution in [1.82, 2.24) is 0 Å². The maximum atomic E-state index is 12.9. The van der Waals surface area contributed by atoms with Gasteiger partial charge in [-0.15, -0.1) is 15.7 Å². The normalized spacial score (nSPS) is 15.3. The number of hydrogen-bond acceptors (Lipinski definition) is 1. The number of pyridine rings is 1. The van der Waals surface area contributed by atoms with Gasteiger partial charge in [0.15, 0.2) is 12.4 Å². The van der Waals surface area contributed by atoms with E-state index in [-0.39, 0.29) is 11.8 Å². The van der Waals surface area contributed by atoms with E-state index in [1.807, 2.05) is 48.5 Å². The topological polar surface area (TPSA) is 20.9 Å². The molecule has 0 radical (unpaired) electrons. The Morgan fingerprint density at radius 1 is 0.905 bits per heavy atom. The minimum absolute atomic E-state index is 0.0595. The molecule has 0 saturated carbocycles. The third kappa shape index (κ3) is 1.80. The van der Waals surface area contributed by atoms with Gasteiger partial charge in [-0.2, -0.15) is 24.3 Å². The highest BCUT2D eigenvalue weighted by molar-refractivity contribution is 5.92. The summed E-state index contributed by atoms with van der Waals surface area (Å²) in [5.41, 5.74) is 4.29. The summed E-state index contributed by atoms with van der Waals surface area (Å²) in [5.74, 6) is -0.214. The van der Waals surface area contributed by atoms with E-state index in [0.29, 0.717) is 0 Å². The molecule has 0 fully saturated rings. The van der Waals surface area contributed by atoms with Crippen molar-refractivity contribution in [3.8, 4) is 11.1 Å². The van der Waals surface area contributed by atoms with Crippen LogP contribution in [0, 0.1) is 6.07 Å². The van der Waals surface area contributed by atoms with Gasteiger partial charge in [-0.3, -0.25) is 0 Å². The average molecular weight is 271 g/mol. The van der Waals surface area contributed by atoms with Crippen molar-refractivity contribution in [1.29, 1.82) is 0 Å². The number of nitrogens with zero attached hydrogens (tertiary/aromatic N) is 1. The third-order valence-electron chi connectivity index (χ3n) is 3.96. The number of rotatable bonds is 1. The number of hydrogen-bond donors (Lipinski definition) is 0. The lowest BCUT2D eigenvalue weighted by Crippen LogP contribution is -2.44. The monoisotopic (exact) mass is 271 g/mol. The molecule has 2 heteroatoms. The first-order valence-corrected chi connectivity index (χ1v) is 6.96. The quantitative estimate of drug-likeness (QED) is 0.492. The highest BCUT2D eigenvalue weighted by Gasteiger charge is 2.34. The molecule has 0 spiro atoms. The van der Waals surface area contributed by atoms with Gasteiger partial charge in [0.1, 0.15) is 5.92 Å². The number of fused-ring (bicyclic) bond motifs is 3. The predicted molar refractivity (Wildman–Crippen MR) is 79.8 cm³/mol. The Labute approximate surface area is 123 Å². The summed E-state index contributed by atoms with van der Waals surface area (Å²) in [6.45, 7) is 0. The molecule has 1 unspecified atom stereocenters. The molecule has 1 atom stereocenters. The molecular weight excluding hydrogens is 258 g/mol. The largest absolute Gasteiger partial charge is 0.401 e. The Balaban J connectivity index is 1.91. The van der Waals surface area contributed by atoms with E-state index >= 15 is 0 Å². The van der Waals surface area contributed by atoms with Gasteiger partial charge in [-0.1, -0.05) is 35.9 Å². The first-order chi connectivity index (χ1) is 10.4. The van der Waals surface area contributed by atoms with Gasteiger partial charge >= 0.3 is 5.91 Å². The van der Waals surface area contributed by atoms with E-state index in [1.165, 1.54) is 0 Å². The molecule has 4 rings (SSSR count). The lowest BCUT2D eigenvalue weighted by atomic mass is 9.96. The summed E-state index contributed by atoms with van der Waals surface area (Å²) in [4.78, 5) is 12.9. The van der Waals surface area contributed by atoms with Gasteiger partial charge in [-0.25, -0.2) is 4.79 Å². The second kappa shape index (κ2) is 4.67. The van der Waals surface area contributed by atoms with Crippen LogP contribution in [0.1, 0.15) is 21.8 Å². The maximum Gasteiger partial charge on any atom is 0.401 e. The molecule has 1 heterocycles. The lowest BCUT2D eigenvalue weighted by molar-refractivity contribution is -0.575. The molecule has 1 aromatic heterocycles. The zero-order valence-electron chi connectivity index (χ0n) is 11.4. The van der Waals surface area contributed by atoms with Crippen LogP contribution in [0.4, 0.5) is 0 Å². The van der Waals surface area contributed by atoms with Gasteiger partial charge in [0.05, 0.1) is 0 Å². The van der Waals surface area contributed by atoms with Crippen LogP contribution in [0.2, 0.25) is 0 Å². The van der Waals surface area contributed by atoms with Crippen LogP contribution in [0.15, 0.2) is 73.1 Å². The fourth-order valence-electron chi connectivity index (χ4n) is 3.02. The van der Waals surface area contributed by atoms with Gasteiger partial charge in [0.2, 0.25) is 0 Å². The summed E-state index contributed by atoms with van der Waals surface area (Å²) < 4.78 is 1.65. The summed E-state index contributed by atoms with van der Waals surface area (Å²) in [6, 6.07) is 22.9. The molecular formula is C19H13NO. The van der Waals surface area contributed by atoms with Crippen molar-refractivity contribution in [3.05, 3.63) is 90.3 Å². The van der Waals surface area contributed by atoms with Gasteiger partial charge in [-0.05, 0) is 5.56 Å². The molecule has 1 aliphatic rings. The minimum atomic E-state index is -0.273. The number of carbonyl (C=O) groups is 1. The van der Waals surface area contributed by atoms with Crippen molar-refractivity contribution < 1.29 is 9.36 Å². The van der Waals surface area contributed by atoms with E-state index in [0.717, 1.165) is 22.3 Å². The minimum Gasteiger partial charge on any atom is -0.218 e. The molecule has 0 aliphatic heterocycles. The van der Waals surface area contributed by atoms with E-state index in [4.69, 9.17) is 0 Å². The van der Waals surface area contributed by atoms with Gasteiger partial charge < -0.3 is 0 Å². The zero-order chi connectivity index (χ0) is 14.2.